The Labute approximate surface area is 95.9 Å². The molecule has 1 heteroatoms. The highest BCUT2D eigenvalue weighted by molar-refractivity contribution is 5.03. The lowest BCUT2D eigenvalue weighted by Crippen LogP contribution is -2.41. The molecule has 0 radical (unpaired) electrons. The standard InChI is InChI=1S/C13H24O.CH4/c1-9(2)11-8-7-10(3)12(14-11)13(4,5)6;/h7-12H,1-6H3;1H4. The van der Waals surface area contributed by atoms with E-state index in [4.69, 9.17) is 4.74 Å². The average molecular weight is 212 g/mol. The topological polar surface area (TPSA) is 9.23 Å². The quantitative estimate of drug-likeness (QED) is 0.589. The minimum atomic E-state index is 0. The van der Waals surface area contributed by atoms with Crippen molar-refractivity contribution >= 4 is 0 Å². The number of ether oxygens (including phenoxy) is 1. The maximum absolute atomic E-state index is 6.14. The molecule has 0 N–H and O–H groups in total. The fourth-order valence-corrected chi connectivity index (χ4v) is 2.10. The highest BCUT2D eigenvalue weighted by Gasteiger charge is 2.34. The van der Waals surface area contributed by atoms with Crippen LogP contribution in [0, 0.1) is 17.3 Å². The Bertz CT molecular complexity index is 210. The Morgan fingerprint density at radius 2 is 1.67 bits per heavy atom. The summed E-state index contributed by atoms with van der Waals surface area (Å²) in [5.41, 5.74) is 0.233. The predicted molar refractivity (Wildman–Crippen MR) is 68.0 cm³/mol. The van der Waals surface area contributed by atoms with Gasteiger partial charge in [-0.2, -0.15) is 0 Å². The molecule has 0 bridgehead atoms. The molecule has 3 unspecified atom stereocenters. The lowest BCUT2D eigenvalue weighted by atomic mass is 9.80. The summed E-state index contributed by atoms with van der Waals surface area (Å²) in [5.74, 6) is 1.11. The van der Waals surface area contributed by atoms with E-state index >= 15 is 0 Å². The highest BCUT2D eigenvalue weighted by Crippen LogP contribution is 2.34. The molecule has 0 aromatic rings. The number of rotatable bonds is 1. The van der Waals surface area contributed by atoms with E-state index < -0.39 is 0 Å². The van der Waals surface area contributed by atoms with E-state index in [0.717, 1.165) is 0 Å². The van der Waals surface area contributed by atoms with E-state index in [0.29, 0.717) is 24.0 Å². The van der Waals surface area contributed by atoms with Crippen LogP contribution in [0.4, 0.5) is 0 Å². The number of hydrogen-bond acceptors (Lipinski definition) is 1. The van der Waals surface area contributed by atoms with Gasteiger partial charge < -0.3 is 4.74 Å². The largest absolute Gasteiger partial charge is 0.370 e. The first-order chi connectivity index (χ1) is 6.32. The zero-order valence-corrected chi connectivity index (χ0v) is 10.4. The van der Waals surface area contributed by atoms with E-state index in [2.05, 4.69) is 53.7 Å². The minimum Gasteiger partial charge on any atom is -0.370 e. The Morgan fingerprint density at radius 3 is 2.07 bits per heavy atom. The molecule has 3 atom stereocenters. The molecule has 1 rings (SSSR count). The second-order valence-corrected chi connectivity index (χ2v) is 5.88. The van der Waals surface area contributed by atoms with Gasteiger partial charge in [-0.3, -0.25) is 0 Å². The molecule has 0 saturated carbocycles. The maximum Gasteiger partial charge on any atom is 0.0783 e. The first-order valence-corrected chi connectivity index (χ1v) is 5.66. The van der Waals surface area contributed by atoms with Crippen molar-refractivity contribution in [2.75, 3.05) is 0 Å². The second-order valence-electron chi connectivity index (χ2n) is 5.88. The fraction of sp³-hybridized carbons (Fsp3) is 0.857. The van der Waals surface area contributed by atoms with Crippen molar-refractivity contribution in [3.8, 4) is 0 Å². The molecule has 0 saturated heterocycles. The molecular weight excluding hydrogens is 184 g/mol. The van der Waals surface area contributed by atoms with Crippen LogP contribution in [-0.4, -0.2) is 12.2 Å². The average Bonchev–Trinajstić information content (AvgIpc) is 2.02. The van der Waals surface area contributed by atoms with Gasteiger partial charge in [-0.15, -0.1) is 0 Å². The van der Waals surface area contributed by atoms with Crippen molar-refractivity contribution in [1.29, 1.82) is 0 Å². The predicted octanol–water partition coefficient (Wildman–Crippen LogP) is 4.28. The number of hydrogen-bond donors (Lipinski definition) is 0. The monoisotopic (exact) mass is 212 g/mol. The molecule has 0 aromatic heterocycles. The van der Waals surface area contributed by atoms with Gasteiger partial charge in [-0.05, 0) is 11.3 Å². The highest BCUT2D eigenvalue weighted by atomic mass is 16.5. The minimum absolute atomic E-state index is 0. The van der Waals surface area contributed by atoms with Crippen molar-refractivity contribution < 1.29 is 4.74 Å². The molecule has 1 aliphatic heterocycles. The smallest absolute Gasteiger partial charge is 0.0783 e. The molecule has 0 amide bonds. The van der Waals surface area contributed by atoms with Gasteiger partial charge in [0.25, 0.3) is 0 Å². The van der Waals surface area contributed by atoms with E-state index in [-0.39, 0.29) is 12.8 Å². The van der Waals surface area contributed by atoms with E-state index in [1.807, 2.05) is 0 Å². The van der Waals surface area contributed by atoms with E-state index in [9.17, 15) is 0 Å². The van der Waals surface area contributed by atoms with Crippen LogP contribution in [0.3, 0.4) is 0 Å². The first-order valence-electron chi connectivity index (χ1n) is 5.66. The molecule has 90 valence electrons. The first kappa shape index (κ1) is 14.7. The fourth-order valence-electron chi connectivity index (χ4n) is 2.10. The molecule has 1 aliphatic rings. The van der Waals surface area contributed by atoms with Crippen LogP contribution in [0.5, 0.6) is 0 Å². The Morgan fingerprint density at radius 1 is 1.13 bits per heavy atom. The molecule has 0 spiro atoms. The zero-order chi connectivity index (χ0) is 10.9. The van der Waals surface area contributed by atoms with Gasteiger partial charge in [0.1, 0.15) is 0 Å². The maximum atomic E-state index is 6.14. The third-order valence-electron chi connectivity index (χ3n) is 2.90. The summed E-state index contributed by atoms with van der Waals surface area (Å²) < 4.78 is 6.14. The van der Waals surface area contributed by atoms with Crippen LogP contribution in [0.25, 0.3) is 0 Å². The molecule has 0 fully saturated rings. The van der Waals surface area contributed by atoms with Gasteiger partial charge in [0, 0.05) is 5.92 Å². The third-order valence-corrected chi connectivity index (χ3v) is 2.90. The van der Waals surface area contributed by atoms with Crippen molar-refractivity contribution in [3.05, 3.63) is 12.2 Å². The molecule has 15 heavy (non-hydrogen) atoms. The van der Waals surface area contributed by atoms with Crippen LogP contribution in [0.15, 0.2) is 12.2 Å². The summed E-state index contributed by atoms with van der Waals surface area (Å²) in [6, 6.07) is 0. The summed E-state index contributed by atoms with van der Waals surface area (Å²) >= 11 is 0. The third kappa shape index (κ3) is 3.64. The van der Waals surface area contributed by atoms with Crippen molar-refractivity contribution in [2.45, 2.75) is 61.2 Å². The van der Waals surface area contributed by atoms with Crippen LogP contribution < -0.4 is 0 Å². The summed E-state index contributed by atoms with van der Waals surface area (Å²) in [6.07, 6.45) is 5.18. The zero-order valence-electron chi connectivity index (χ0n) is 10.4. The molecule has 0 aliphatic carbocycles. The van der Waals surface area contributed by atoms with Gasteiger partial charge >= 0.3 is 0 Å². The Balaban J connectivity index is 0.00000196. The van der Waals surface area contributed by atoms with Crippen molar-refractivity contribution in [2.24, 2.45) is 17.3 Å². The Hall–Kier alpha value is -0.300. The van der Waals surface area contributed by atoms with E-state index in [1.54, 1.807) is 0 Å². The molecule has 0 aromatic carbocycles. The second kappa shape index (κ2) is 5.16. The van der Waals surface area contributed by atoms with E-state index in [1.165, 1.54) is 0 Å². The summed E-state index contributed by atoms with van der Waals surface area (Å²) in [4.78, 5) is 0. The van der Waals surface area contributed by atoms with Crippen LogP contribution in [0.2, 0.25) is 0 Å². The molecule has 1 nitrogen and oxygen atoms in total. The van der Waals surface area contributed by atoms with Crippen molar-refractivity contribution in [3.63, 3.8) is 0 Å². The van der Waals surface area contributed by atoms with Gasteiger partial charge in [0.15, 0.2) is 0 Å². The van der Waals surface area contributed by atoms with Crippen LogP contribution >= 0.6 is 0 Å². The van der Waals surface area contributed by atoms with Crippen LogP contribution in [0.1, 0.15) is 49.0 Å². The van der Waals surface area contributed by atoms with Gasteiger partial charge in [-0.1, -0.05) is 61.1 Å². The SMILES string of the molecule is C.CC(C)C1C=CC(C)C(C(C)(C)C)O1. The normalized spacial score (nSPS) is 31.5. The van der Waals surface area contributed by atoms with Crippen LogP contribution in [-0.2, 0) is 4.74 Å². The molecular formula is C14H28O. The van der Waals surface area contributed by atoms with Crippen molar-refractivity contribution in [1.82, 2.24) is 0 Å². The van der Waals surface area contributed by atoms with Gasteiger partial charge in [0.2, 0.25) is 0 Å². The molecule has 1 heterocycles. The summed E-state index contributed by atoms with van der Waals surface area (Å²) in [7, 11) is 0. The lowest BCUT2D eigenvalue weighted by Gasteiger charge is -2.40. The Kier molecular flexibility index (Phi) is 5.05. The summed E-state index contributed by atoms with van der Waals surface area (Å²) in [6.45, 7) is 13.4. The summed E-state index contributed by atoms with van der Waals surface area (Å²) in [5, 5.41) is 0. The lowest BCUT2D eigenvalue weighted by molar-refractivity contribution is -0.0897. The van der Waals surface area contributed by atoms with Gasteiger partial charge in [0.05, 0.1) is 12.2 Å². The van der Waals surface area contributed by atoms with Gasteiger partial charge in [-0.25, -0.2) is 0 Å².